The van der Waals surface area contributed by atoms with Crippen LogP contribution in [-0.4, -0.2) is 49.9 Å². The predicted octanol–water partition coefficient (Wildman–Crippen LogP) is 3.92. The van der Waals surface area contributed by atoms with E-state index >= 15 is 0 Å². The van der Waals surface area contributed by atoms with E-state index < -0.39 is 0 Å². The standard InChI is InChI=1S/C21H27N3O2S/c1-15-5-7-17(8-6-15)24-12-11-23(14-16(24)2)21(27)22-19-10-9-18(25-3)13-20(19)26-4/h5-10,13,16H,11-12,14H2,1-4H3,(H,22,27). The molecule has 0 radical (unpaired) electrons. The number of piperazine rings is 1. The average Bonchev–Trinajstić information content (AvgIpc) is 2.69. The lowest BCUT2D eigenvalue weighted by Crippen LogP contribution is -2.54. The van der Waals surface area contributed by atoms with E-state index in [1.54, 1.807) is 14.2 Å². The lowest BCUT2D eigenvalue weighted by atomic mass is 10.1. The number of methoxy groups -OCH3 is 2. The third-order valence-electron chi connectivity index (χ3n) is 4.93. The Balaban J connectivity index is 1.65. The third-order valence-corrected chi connectivity index (χ3v) is 5.29. The highest BCUT2D eigenvalue weighted by atomic mass is 32.1. The van der Waals surface area contributed by atoms with Gasteiger partial charge in [-0.1, -0.05) is 17.7 Å². The monoisotopic (exact) mass is 385 g/mol. The Morgan fingerprint density at radius 3 is 2.44 bits per heavy atom. The first-order valence-corrected chi connectivity index (χ1v) is 9.54. The van der Waals surface area contributed by atoms with Gasteiger partial charge in [0.25, 0.3) is 0 Å². The molecular formula is C21H27N3O2S. The van der Waals surface area contributed by atoms with Crippen molar-refractivity contribution in [1.29, 1.82) is 0 Å². The third kappa shape index (κ3) is 4.45. The molecule has 1 aliphatic rings. The summed E-state index contributed by atoms with van der Waals surface area (Å²) in [4.78, 5) is 4.65. The maximum Gasteiger partial charge on any atom is 0.173 e. The summed E-state index contributed by atoms with van der Waals surface area (Å²) < 4.78 is 10.7. The van der Waals surface area contributed by atoms with Crippen molar-refractivity contribution in [3.8, 4) is 11.5 Å². The number of benzene rings is 2. The molecule has 1 unspecified atom stereocenters. The van der Waals surface area contributed by atoms with Gasteiger partial charge in [-0.2, -0.15) is 0 Å². The van der Waals surface area contributed by atoms with Gasteiger partial charge in [0.1, 0.15) is 11.5 Å². The Hall–Kier alpha value is -2.47. The zero-order valence-electron chi connectivity index (χ0n) is 16.4. The first-order chi connectivity index (χ1) is 13.0. The summed E-state index contributed by atoms with van der Waals surface area (Å²) in [6, 6.07) is 14.8. The number of rotatable bonds is 4. The van der Waals surface area contributed by atoms with E-state index in [0.29, 0.717) is 16.9 Å². The maximum absolute atomic E-state index is 5.66. The van der Waals surface area contributed by atoms with Gasteiger partial charge in [0, 0.05) is 37.4 Å². The van der Waals surface area contributed by atoms with Crippen molar-refractivity contribution >= 4 is 28.7 Å². The number of hydrogen-bond donors (Lipinski definition) is 1. The second-order valence-electron chi connectivity index (χ2n) is 6.82. The number of nitrogens with one attached hydrogen (secondary N) is 1. The summed E-state index contributed by atoms with van der Waals surface area (Å²) >= 11 is 5.66. The van der Waals surface area contributed by atoms with Crippen LogP contribution in [0.4, 0.5) is 11.4 Å². The van der Waals surface area contributed by atoms with Crippen molar-refractivity contribution in [2.45, 2.75) is 19.9 Å². The van der Waals surface area contributed by atoms with Gasteiger partial charge in [0.15, 0.2) is 5.11 Å². The van der Waals surface area contributed by atoms with Gasteiger partial charge in [-0.15, -0.1) is 0 Å². The minimum Gasteiger partial charge on any atom is -0.497 e. The molecule has 1 N–H and O–H groups in total. The Kier molecular flexibility index (Phi) is 6.06. The van der Waals surface area contributed by atoms with Crippen molar-refractivity contribution < 1.29 is 9.47 Å². The molecule has 0 aliphatic carbocycles. The van der Waals surface area contributed by atoms with Gasteiger partial charge in [0.05, 0.1) is 19.9 Å². The highest BCUT2D eigenvalue weighted by Gasteiger charge is 2.25. The largest absolute Gasteiger partial charge is 0.497 e. The van der Waals surface area contributed by atoms with E-state index in [-0.39, 0.29) is 0 Å². The van der Waals surface area contributed by atoms with E-state index in [1.165, 1.54) is 11.3 Å². The summed E-state index contributed by atoms with van der Waals surface area (Å²) in [6.07, 6.45) is 0. The molecule has 1 aliphatic heterocycles. The molecule has 0 bridgehead atoms. The highest BCUT2D eigenvalue weighted by molar-refractivity contribution is 7.80. The summed E-state index contributed by atoms with van der Waals surface area (Å²) in [5, 5.41) is 4.04. The van der Waals surface area contributed by atoms with Gasteiger partial charge >= 0.3 is 0 Å². The van der Waals surface area contributed by atoms with E-state index in [4.69, 9.17) is 21.7 Å². The van der Waals surface area contributed by atoms with Crippen LogP contribution in [0.25, 0.3) is 0 Å². The van der Waals surface area contributed by atoms with E-state index in [2.05, 4.69) is 53.2 Å². The van der Waals surface area contributed by atoms with Crippen LogP contribution in [0.2, 0.25) is 0 Å². The smallest absolute Gasteiger partial charge is 0.173 e. The normalized spacial score (nSPS) is 16.8. The molecule has 5 nitrogen and oxygen atoms in total. The molecular weight excluding hydrogens is 358 g/mol. The zero-order valence-corrected chi connectivity index (χ0v) is 17.2. The lowest BCUT2D eigenvalue weighted by Gasteiger charge is -2.42. The van der Waals surface area contributed by atoms with Crippen molar-refractivity contribution in [3.05, 3.63) is 48.0 Å². The number of nitrogens with zero attached hydrogens (tertiary/aromatic N) is 2. The summed E-state index contributed by atoms with van der Waals surface area (Å²) in [5.74, 6) is 1.46. The van der Waals surface area contributed by atoms with Crippen LogP contribution in [0.1, 0.15) is 12.5 Å². The zero-order chi connectivity index (χ0) is 19.4. The molecule has 27 heavy (non-hydrogen) atoms. The molecule has 0 spiro atoms. The molecule has 0 aromatic heterocycles. The SMILES string of the molecule is COc1ccc(NC(=S)N2CCN(c3ccc(C)cc3)C(C)C2)c(OC)c1. The molecule has 2 aromatic carbocycles. The van der Waals surface area contributed by atoms with Crippen LogP contribution in [0, 0.1) is 6.92 Å². The van der Waals surface area contributed by atoms with Gasteiger partial charge in [-0.3, -0.25) is 0 Å². The van der Waals surface area contributed by atoms with E-state index in [9.17, 15) is 0 Å². The first kappa shape index (κ1) is 19.3. The van der Waals surface area contributed by atoms with Crippen molar-refractivity contribution in [2.24, 2.45) is 0 Å². The Bertz CT molecular complexity index is 795. The summed E-state index contributed by atoms with van der Waals surface area (Å²) in [5.41, 5.74) is 3.39. The molecule has 1 saturated heterocycles. The van der Waals surface area contributed by atoms with Crippen LogP contribution in [0.5, 0.6) is 11.5 Å². The summed E-state index contributed by atoms with van der Waals surface area (Å²) in [6.45, 7) is 7.04. The molecule has 1 atom stereocenters. The van der Waals surface area contributed by atoms with Crippen LogP contribution >= 0.6 is 12.2 Å². The second-order valence-corrected chi connectivity index (χ2v) is 7.21. The lowest BCUT2D eigenvalue weighted by molar-refractivity contribution is 0.342. The van der Waals surface area contributed by atoms with Crippen molar-refractivity contribution in [3.63, 3.8) is 0 Å². The second kappa shape index (κ2) is 8.48. The fraction of sp³-hybridized carbons (Fsp3) is 0.381. The van der Waals surface area contributed by atoms with Crippen molar-refractivity contribution in [2.75, 3.05) is 44.1 Å². The predicted molar refractivity (Wildman–Crippen MR) is 115 cm³/mol. The number of ether oxygens (including phenoxy) is 2. The molecule has 1 fully saturated rings. The van der Waals surface area contributed by atoms with Crippen molar-refractivity contribution in [1.82, 2.24) is 4.90 Å². The van der Waals surface area contributed by atoms with Crippen LogP contribution in [0.15, 0.2) is 42.5 Å². The molecule has 1 heterocycles. The number of hydrogen-bond acceptors (Lipinski definition) is 4. The van der Waals surface area contributed by atoms with Crippen LogP contribution in [0.3, 0.4) is 0 Å². The van der Waals surface area contributed by atoms with E-state index in [1.807, 2.05) is 18.2 Å². The highest BCUT2D eigenvalue weighted by Crippen LogP contribution is 2.29. The molecule has 2 aromatic rings. The Morgan fingerprint density at radius 1 is 1.07 bits per heavy atom. The van der Waals surface area contributed by atoms with Gasteiger partial charge in [-0.05, 0) is 50.3 Å². The molecule has 0 saturated carbocycles. The molecule has 144 valence electrons. The topological polar surface area (TPSA) is 37.0 Å². The minimum absolute atomic E-state index is 0.374. The fourth-order valence-corrected chi connectivity index (χ4v) is 3.63. The van der Waals surface area contributed by atoms with Crippen LogP contribution < -0.4 is 19.7 Å². The number of thiocarbonyl (C=S) groups is 1. The fourth-order valence-electron chi connectivity index (χ4n) is 3.36. The quantitative estimate of drug-likeness (QED) is 0.804. The Morgan fingerprint density at radius 2 is 1.81 bits per heavy atom. The number of aryl methyl sites for hydroxylation is 1. The number of anilines is 2. The van der Waals surface area contributed by atoms with E-state index in [0.717, 1.165) is 31.1 Å². The molecule has 3 rings (SSSR count). The maximum atomic E-state index is 5.66. The minimum atomic E-state index is 0.374. The van der Waals surface area contributed by atoms with Crippen LogP contribution in [-0.2, 0) is 0 Å². The average molecular weight is 386 g/mol. The van der Waals surface area contributed by atoms with Gasteiger partial charge in [-0.25, -0.2) is 0 Å². The molecule has 6 heteroatoms. The summed E-state index contributed by atoms with van der Waals surface area (Å²) in [7, 11) is 3.28. The first-order valence-electron chi connectivity index (χ1n) is 9.13. The molecule has 0 amide bonds. The van der Waals surface area contributed by atoms with Gasteiger partial charge < -0.3 is 24.6 Å². The Labute approximate surface area is 166 Å². The van der Waals surface area contributed by atoms with Gasteiger partial charge in [0.2, 0.25) is 0 Å².